The van der Waals surface area contributed by atoms with E-state index in [1.54, 1.807) is 12.1 Å². The summed E-state index contributed by atoms with van der Waals surface area (Å²) < 4.78 is 1.26. The summed E-state index contributed by atoms with van der Waals surface area (Å²) >= 11 is 5.89. The minimum absolute atomic E-state index is 0.0988. The Bertz CT molecular complexity index is 1330. The van der Waals surface area contributed by atoms with E-state index < -0.39 is 5.97 Å². The Hall–Kier alpha value is -3.33. The molecule has 9 nitrogen and oxygen atoms in total. The molecule has 0 amide bonds. The van der Waals surface area contributed by atoms with Crippen LogP contribution in [0.2, 0.25) is 5.15 Å². The number of benzene rings is 1. The van der Waals surface area contributed by atoms with Gasteiger partial charge in [-0.2, -0.15) is 0 Å². The largest absolute Gasteiger partial charge is 0.476 e. The molecule has 2 aromatic heterocycles. The van der Waals surface area contributed by atoms with Crippen LogP contribution in [0, 0.1) is 18.8 Å². The molecule has 10 heteroatoms. The number of carbonyl (C=O) groups is 1. The second-order valence-electron chi connectivity index (χ2n) is 8.81. The number of carboxylic acids is 1. The molecule has 0 spiro atoms. The normalized spacial score (nSPS) is 19.9. The molecule has 2 aliphatic rings. The molecule has 1 saturated carbocycles. The zero-order valence-corrected chi connectivity index (χ0v) is 19.3. The number of nitrogens with zero attached hydrogens (tertiary/aromatic N) is 4. The van der Waals surface area contributed by atoms with Gasteiger partial charge >= 0.3 is 5.97 Å². The Balaban J connectivity index is 1.61. The van der Waals surface area contributed by atoms with Gasteiger partial charge in [-0.15, -0.1) is 4.73 Å². The number of fused-ring (bicyclic) bond motifs is 2. The van der Waals surface area contributed by atoms with Crippen LogP contribution in [-0.4, -0.2) is 46.0 Å². The van der Waals surface area contributed by atoms with E-state index in [0.29, 0.717) is 34.4 Å². The predicted octanol–water partition coefficient (Wildman–Crippen LogP) is 3.14. The molecular weight excluding hydrogens is 446 g/mol. The van der Waals surface area contributed by atoms with Gasteiger partial charge in [0.05, 0.1) is 22.6 Å². The molecule has 172 valence electrons. The number of hydrogen-bond donors (Lipinski definition) is 2. The molecule has 0 radical (unpaired) electrons. The zero-order chi connectivity index (χ0) is 23.4. The summed E-state index contributed by atoms with van der Waals surface area (Å²) in [6.07, 6.45) is 1.23. The highest BCUT2D eigenvalue weighted by atomic mass is 35.5. The minimum atomic E-state index is -1.18. The fourth-order valence-corrected chi connectivity index (χ4v) is 4.87. The van der Waals surface area contributed by atoms with Gasteiger partial charge < -0.3 is 20.2 Å². The third-order valence-electron chi connectivity index (χ3n) is 6.44. The molecule has 2 N–H and O–H groups in total. The summed E-state index contributed by atoms with van der Waals surface area (Å²) in [7, 11) is 1.47. The first-order chi connectivity index (χ1) is 15.8. The third kappa shape index (κ3) is 3.76. The molecular formula is C23H24ClN5O4. The molecule has 2 fully saturated rings. The first-order valence-electron chi connectivity index (χ1n) is 10.8. The molecule has 3 atom stereocenters. The molecule has 3 unspecified atom stereocenters. The summed E-state index contributed by atoms with van der Waals surface area (Å²) in [6, 6.07) is 6.51. The highest BCUT2D eigenvalue weighted by Crippen LogP contribution is 2.46. The third-order valence-corrected chi connectivity index (χ3v) is 6.65. The van der Waals surface area contributed by atoms with Gasteiger partial charge in [0.2, 0.25) is 5.95 Å². The minimum Gasteiger partial charge on any atom is -0.476 e. The first kappa shape index (κ1) is 21.5. The number of nitrogens with one attached hydrogen (secondary N) is 1. The number of pyridine rings is 1. The van der Waals surface area contributed by atoms with Gasteiger partial charge in [0.25, 0.3) is 5.56 Å². The van der Waals surface area contributed by atoms with Crippen molar-refractivity contribution >= 4 is 40.1 Å². The molecule has 1 aliphatic heterocycles. The quantitative estimate of drug-likeness (QED) is 0.530. The van der Waals surface area contributed by atoms with Crippen molar-refractivity contribution < 1.29 is 14.7 Å². The predicted molar refractivity (Wildman–Crippen MR) is 125 cm³/mol. The molecule has 1 aromatic carbocycles. The Morgan fingerprint density at radius 2 is 2.00 bits per heavy atom. The van der Waals surface area contributed by atoms with Crippen LogP contribution in [0.5, 0.6) is 0 Å². The molecule has 1 aliphatic carbocycles. The fourth-order valence-electron chi connectivity index (χ4n) is 4.72. The van der Waals surface area contributed by atoms with Gasteiger partial charge in [-0.05, 0) is 55.9 Å². The number of hydrogen-bond acceptors (Lipinski definition) is 7. The lowest BCUT2D eigenvalue weighted by molar-refractivity contribution is 0.0691. The van der Waals surface area contributed by atoms with Crippen LogP contribution in [0.1, 0.15) is 41.0 Å². The fraction of sp³-hybridized carbons (Fsp3) is 0.391. The van der Waals surface area contributed by atoms with Crippen molar-refractivity contribution in [2.75, 3.05) is 30.4 Å². The SMILES string of the molecule is COn1c(N2CC3CC3C2)nc2c(C(C)Nc3ccc(Cl)nc3C(=O)O)cc(C)cc2c1=O. The maximum absolute atomic E-state index is 13.3. The van der Waals surface area contributed by atoms with Crippen LogP contribution < -0.4 is 20.6 Å². The van der Waals surface area contributed by atoms with E-state index in [2.05, 4.69) is 15.2 Å². The van der Waals surface area contributed by atoms with Gasteiger partial charge in [-0.3, -0.25) is 4.79 Å². The molecule has 3 heterocycles. The van der Waals surface area contributed by atoms with Crippen LogP contribution in [0.25, 0.3) is 10.9 Å². The van der Waals surface area contributed by atoms with Crippen LogP contribution >= 0.6 is 11.6 Å². The maximum atomic E-state index is 13.3. The second-order valence-corrected chi connectivity index (χ2v) is 9.19. The van der Waals surface area contributed by atoms with Crippen molar-refractivity contribution in [2.45, 2.75) is 26.3 Å². The van der Waals surface area contributed by atoms with E-state index in [9.17, 15) is 14.7 Å². The number of aromatic nitrogens is 3. The van der Waals surface area contributed by atoms with Gasteiger partial charge in [0, 0.05) is 18.7 Å². The van der Waals surface area contributed by atoms with Gasteiger partial charge in [0.1, 0.15) is 12.3 Å². The number of aromatic carboxylic acids is 1. The number of piperidine rings is 1. The lowest BCUT2D eigenvalue weighted by Crippen LogP contribution is -2.35. The van der Waals surface area contributed by atoms with Crippen molar-refractivity contribution in [1.29, 1.82) is 0 Å². The average molecular weight is 470 g/mol. The average Bonchev–Trinajstić information content (AvgIpc) is 3.39. The number of aryl methyl sites for hydroxylation is 1. The van der Waals surface area contributed by atoms with Crippen molar-refractivity contribution in [3.8, 4) is 0 Å². The summed E-state index contributed by atoms with van der Waals surface area (Å²) in [6.45, 7) is 5.52. The van der Waals surface area contributed by atoms with E-state index in [0.717, 1.165) is 24.2 Å². The van der Waals surface area contributed by atoms with Crippen molar-refractivity contribution in [2.24, 2.45) is 11.8 Å². The Kier molecular flexibility index (Phi) is 5.16. The molecule has 5 rings (SSSR count). The lowest BCUT2D eigenvalue weighted by atomic mass is 10.0. The Labute approximate surface area is 194 Å². The van der Waals surface area contributed by atoms with E-state index in [1.807, 2.05) is 19.9 Å². The highest BCUT2D eigenvalue weighted by Gasteiger charge is 2.46. The van der Waals surface area contributed by atoms with Crippen molar-refractivity contribution in [3.05, 3.63) is 56.6 Å². The van der Waals surface area contributed by atoms with Crippen LogP contribution in [0.3, 0.4) is 0 Å². The van der Waals surface area contributed by atoms with Crippen LogP contribution in [-0.2, 0) is 0 Å². The number of rotatable bonds is 6. The molecule has 33 heavy (non-hydrogen) atoms. The number of halogens is 1. The summed E-state index contributed by atoms with van der Waals surface area (Å²) in [4.78, 5) is 41.4. The van der Waals surface area contributed by atoms with E-state index in [1.165, 1.54) is 24.3 Å². The first-order valence-corrected chi connectivity index (χ1v) is 11.2. The summed E-state index contributed by atoms with van der Waals surface area (Å²) in [5, 5.41) is 13.3. The van der Waals surface area contributed by atoms with E-state index >= 15 is 0 Å². The monoisotopic (exact) mass is 469 g/mol. The molecule has 3 aromatic rings. The zero-order valence-electron chi connectivity index (χ0n) is 18.5. The van der Waals surface area contributed by atoms with Crippen LogP contribution in [0.4, 0.5) is 11.6 Å². The Morgan fingerprint density at radius 1 is 1.27 bits per heavy atom. The van der Waals surface area contributed by atoms with E-state index in [-0.39, 0.29) is 22.4 Å². The lowest BCUT2D eigenvalue weighted by Gasteiger charge is -2.24. The number of anilines is 2. The Morgan fingerprint density at radius 3 is 2.67 bits per heavy atom. The molecule has 0 bridgehead atoms. The second kappa shape index (κ2) is 7.91. The standard InChI is InChI=1S/C23H24ClN5O4/c1-11-6-15(12(2)25-17-4-5-18(24)26-20(17)22(31)32)19-16(7-11)21(30)29(33-3)23(27-19)28-9-13-8-14(13)10-28/h4-7,12-14,25H,8-10H2,1-3H3,(H,31,32). The van der Waals surface area contributed by atoms with Gasteiger partial charge in [-0.25, -0.2) is 14.8 Å². The molecule has 1 saturated heterocycles. The van der Waals surface area contributed by atoms with Crippen LogP contribution in [0.15, 0.2) is 29.1 Å². The summed E-state index contributed by atoms with van der Waals surface area (Å²) in [5.41, 5.74) is 2.12. The van der Waals surface area contributed by atoms with Gasteiger partial charge in [0.15, 0.2) is 5.69 Å². The van der Waals surface area contributed by atoms with Crippen molar-refractivity contribution in [1.82, 2.24) is 14.7 Å². The topological polar surface area (TPSA) is 110 Å². The smallest absolute Gasteiger partial charge is 0.356 e. The summed E-state index contributed by atoms with van der Waals surface area (Å²) in [5.74, 6) is 0.636. The van der Waals surface area contributed by atoms with Gasteiger partial charge in [-0.1, -0.05) is 17.7 Å². The van der Waals surface area contributed by atoms with E-state index in [4.69, 9.17) is 21.4 Å². The van der Waals surface area contributed by atoms with Crippen molar-refractivity contribution in [3.63, 3.8) is 0 Å². The number of carboxylic acid groups (broad SMARTS) is 1. The maximum Gasteiger partial charge on any atom is 0.356 e. The highest BCUT2D eigenvalue weighted by molar-refractivity contribution is 6.29.